The van der Waals surface area contributed by atoms with Gasteiger partial charge in [-0.25, -0.2) is 0 Å². The molecule has 0 aromatic heterocycles. The first kappa shape index (κ1) is 12.4. The van der Waals surface area contributed by atoms with Crippen molar-refractivity contribution in [1.82, 2.24) is 4.90 Å². The van der Waals surface area contributed by atoms with Gasteiger partial charge < -0.3 is 5.11 Å². The normalized spacial score (nSPS) is 35.2. The van der Waals surface area contributed by atoms with Crippen LogP contribution < -0.4 is 0 Å². The second-order valence-electron chi connectivity index (χ2n) is 5.72. The maximum absolute atomic E-state index is 8.78. The molecule has 0 aromatic rings. The van der Waals surface area contributed by atoms with Crippen molar-refractivity contribution in [1.29, 1.82) is 0 Å². The average molecular weight is 225 g/mol. The molecule has 3 atom stereocenters. The SMILES string of the molecule is CC1CC2CCCCC2N1CCCCCO. The molecule has 2 rings (SSSR count). The van der Waals surface area contributed by atoms with Crippen LogP contribution in [0, 0.1) is 5.92 Å². The summed E-state index contributed by atoms with van der Waals surface area (Å²) in [4.78, 5) is 2.77. The number of nitrogens with zero attached hydrogens (tertiary/aromatic N) is 1. The van der Waals surface area contributed by atoms with Crippen molar-refractivity contribution in [3.8, 4) is 0 Å². The van der Waals surface area contributed by atoms with E-state index < -0.39 is 0 Å². The van der Waals surface area contributed by atoms with Crippen molar-refractivity contribution in [3.05, 3.63) is 0 Å². The second kappa shape index (κ2) is 6.02. The summed E-state index contributed by atoms with van der Waals surface area (Å²) in [7, 11) is 0. The van der Waals surface area contributed by atoms with Crippen LogP contribution >= 0.6 is 0 Å². The molecule has 1 aliphatic heterocycles. The van der Waals surface area contributed by atoms with Gasteiger partial charge in [-0.2, -0.15) is 0 Å². The van der Waals surface area contributed by atoms with Gasteiger partial charge in [-0.1, -0.05) is 12.8 Å². The summed E-state index contributed by atoms with van der Waals surface area (Å²) in [6.45, 7) is 4.04. The van der Waals surface area contributed by atoms with Gasteiger partial charge in [-0.15, -0.1) is 0 Å². The van der Waals surface area contributed by atoms with Crippen molar-refractivity contribution in [2.45, 2.75) is 70.4 Å². The zero-order chi connectivity index (χ0) is 11.4. The monoisotopic (exact) mass is 225 g/mol. The molecule has 1 saturated carbocycles. The van der Waals surface area contributed by atoms with Crippen LogP contribution in [0.15, 0.2) is 0 Å². The lowest BCUT2D eigenvalue weighted by Gasteiger charge is -2.33. The van der Waals surface area contributed by atoms with Gasteiger partial charge in [0.25, 0.3) is 0 Å². The fourth-order valence-electron chi connectivity index (χ4n) is 3.77. The van der Waals surface area contributed by atoms with Gasteiger partial charge in [0.1, 0.15) is 0 Å². The number of aliphatic hydroxyl groups excluding tert-OH is 1. The van der Waals surface area contributed by atoms with Crippen molar-refractivity contribution in [2.24, 2.45) is 5.92 Å². The van der Waals surface area contributed by atoms with Gasteiger partial charge in [0.05, 0.1) is 0 Å². The Morgan fingerprint density at radius 1 is 1.12 bits per heavy atom. The van der Waals surface area contributed by atoms with E-state index in [9.17, 15) is 0 Å². The van der Waals surface area contributed by atoms with E-state index in [0.717, 1.165) is 24.4 Å². The Morgan fingerprint density at radius 2 is 1.94 bits per heavy atom. The van der Waals surface area contributed by atoms with Crippen molar-refractivity contribution < 1.29 is 5.11 Å². The number of likely N-dealkylation sites (tertiary alicyclic amines) is 1. The Morgan fingerprint density at radius 3 is 2.75 bits per heavy atom. The van der Waals surface area contributed by atoms with Gasteiger partial charge in [-0.3, -0.25) is 4.90 Å². The van der Waals surface area contributed by atoms with Crippen LogP contribution in [-0.2, 0) is 0 Å². The molecule has 2 heteroatoms. The largest absolute Gasteiger partial charge is 0.396 e. The van der Waals surface area contributed by atoms with Gasteiger partial charge in [0.15, 0.2) is 0 Å². The molecule has 16 heavy (non-hydrogen) atoms. The van der Waals surface area contributed by atoms with Gasteiger partial charge in [-0.05, 0) is 57.9 Å². The van der Waals surface area contributed by atoms with Gasteiger partial charge in [0.2, 0.25) is 0 Å². The van der Waals surface area contributed by atoms with Crippen LogP contribution in [0.1, 0.15) is 58.3 Å². The number of fused-ring (bicyclic) bond motifs is 1. The van der Waals surface area contributed by atoms with E-state index in [1.807, 2.05) is 0 Å². The predicted octanol–water partition coefficient (Wildman–Crippen LogP) is 2.80. The maximum Gasteiger partial charge on any atom is 0.0431 e. The van der Waals surface area contributed by atoms with Crippen LogP contribution in [0.3, 0.4) is 0 Å². The molecule has 3 unspecified atom stereocenters. The Hall–Kier alpha value is -0.0800. The summed E-state index contributed by atoms with van der Waals surface area (Å²) in [6.07, 6.45) is 10.7. The molecule has 1 heterocycles. The second-order valence-corrected chi connectivity index (χ2v) is 5.72. The lowest BCUT2D eigenvalue weighted by Crippen LogP contribution is -2.38. The summed E-state index contributed by atoms with van der Waals surface area (Å²) >= 11 is 0. The quantitative estimate of drug-likeness (QED) is 0.727. The molecule has 0 spiro atoms. The van der Waals surface area contributed by atoms with Crippen LogP contribution in [0.4, 0.5) is 0 Å². The van der Waals surface area contributed by atoms with Crippen LogP contribution in [0.25, 0.3) is 0 Å². The fourth-order valence-corrected chi connectivity index (χ4v) is 3.77. The first-order valence-electron chi connectivity index (χ1n) is 7.19. The maximum atomic E-state index is 8.78. The minimum absolute atomic E-state index is 0.363. The van der Waals surface area contributed by atoms with Crippen molar-refractivity contribution in [2.75, 3.05) is 13.2 Å². The number of unbranched alkanes of at least 4 members (excludes halogenated alkanes) is 2. The molecule has 94 valence electrons. The highest BCUT2D eigenvalue weighted by Crippen LogP contribution is 2.39. The molecule has 2 aliphatic rings. The number of rotatable bonds is 5. The summed E-state index contributed by atoms with van der Waals surface area (Å²) in [6, 6.07) is 1.71. The zero-order valence-corrected chi connectivity index (χ0v) is 10.7. The molecule has 0 aromatic carbocycles. The van der Waals surface area contributed by atoms with E-state index in [0.29, 0.717) is 6.61 Å². The van der Waals surface area contributed by atoms with Crippen LogP contribution in [-0.4, -0.2) is 35.2 Å². The van der Waals surface area contributed by atoms with E-state index in [4.69, 9.17) is 5.11 Å². The van der Waals surface area contributed by atoms with Crippen molar-refractivity contribution >= 4 is 0 Å². The van der Waals surface area contributed by atoms with Gasteiger partial charge >= 0.3 is 0 Å². The Bertz CT molecular complexity index is 207. The molecular weight excluding hydrogens is 198 g/mol. The third-order valence-corrected chi connectivity index (χ3v) is 4.58. The number of hydrogen-bond donors (Lipinski definition) is 1. The minimum Gasteiger partial charge on any atom is -0.396 e. The molecule has 1 aliphatic carbocycles. The molecule has 1 saturated heterocycles. The van der Waals surface area contributed by atoms with E-state index in [1.165, 1.54) is 51.5 Å². The standard InChI is InChI=1S/C14H27NO/c1-12-11-13-7-3-4-8-14(13)15(12)9-5-2-6-10-16/h12-14,16H,2-11H2,1H3. The summed E-state index contributed by atoms with van der Waals surface area (Å²) in [5.74, 6) is 1.00. The topological polar surface area (TPSA) is 23.5 Å². The molecule has 1 N–H and O–H groups in total. The molecule has 0 amide bonds. The molecule has 0 bridgehead atoms. The molecule has 0 radical (unpaired) electrons. The number of hydrogen-bond acceptors (Lipinski definition) is 2. The Kier molecular flexibility index (Phi) is 4.66. The summed E-state index contributed by atoms with van der Waals surface area (Å²) in [5.41, 5.74) is 0. The first-order valence-corrected chi connectivity index (χ1v) is 7.19. The first-order chi connectivity index (χ1) is 7.83. The van der Waals surface area contributed by atoms with E-state index in [2.05, 4.69) is 11.8 Å². The zero-order valence-electron chi connectivity index (χ0n) is 10.7. The summed E-state index contributed by atoms with van der Waals surface area (Å²) < 4.78 is 0. The minimum atomic E-state index is 0.363. The Labute approximate surface area is 100 Å². The molecule has 2 fully saturated rings. The molecular formula is C14H27NO. The van der Waals surface area contributed by atoms with Crippen LogP contribution in [0.2, 0.25) is 0 Å². The highest BCUT2D eigenvalue weighted by atomic mass is 16.2. The van der Waals surface area contributed by atoms with Crippen LogP contribution in [0.5, 0.6) is 0 Å². The van der Waals surface area contributed by atoms with Gasteiger partial charge in [0, 0.05) is 18.7 Å². The smallest absolute Gasteiger partial charge is 0.0431 e. The highest BCUT2D eigenvalue weighted by molar-refractivity contribution is 4.93. The van der Waals surface area contributed by atoms with Crippen molar-refractivity contribution in [3.63, 3.8) is 0 Å². The summed E-state index contributed by atoms with van der Waals surface area (Å²) in [5, 5.41) is 8.78. The third-order valence-electron chi connectivity index (χ3n) is 4.58. The number of aliphatic hydroxyl groups is 1. The molecule has 2 nitrogen and oxygen atoms in total. The van der Waals surface area contributed by atoms with E-state index in [-0.39, 0.29) is 0 Å². The Balaban J connectivity index is 1.78. The fraction of sp³-hybridized carbons (Fsp3) is 1.00. The predicted molar refractivity (Wildman–Crippen MR) is 67.5 cm³/mol. The lowest BCUT2D eigenvalue weighted by molar-refractivity contribution is 0.152. The lowest BCUT2D eigenvalue weighted by atomic mass is 9.85. The van der Waals surface area contributed by atoms with E-state index in [1.54, 1.807) is 0 Å². The third kappa shape index (κ3) is 2.78. The average Bonchev–Trinajstić information content (AvgIpc) is 2.61. The highest BCUT2D eigenvalue weighted by Gasteiger charge is 2.39. The van der Waals surface area contributed by atoms with E-state index >= 15 is 0 Å².